The van der Waals surface area contributed by atoms with Crippen LogP contribution in [-0.2, 0) is 0 Å². The number of pyridine rings is 1. The maximum atomic E-state index is 11.5. The summed E-state index contributed by atoms with van der Waals surface area (Å²) in [6.45, 7) is 0. The van der Waals surface area contributed by atoms with Crippen molar-refractivity contribution in [1.29, 1.82) is 0 Å². The van der Waals surface area contributed by atoms with Crippen LogP contribution in [0.2, 0.25) is 0 Å². The number of fused-ring (bicyclic) bond motifs is 1. The molecule has 1 aromatic heterocycles. The fourth-order valence-electron chi connectivity index (χ4n) is 1.59. The number of methoxy groups -OCH3 is 1. The largest absolute Gasteiger partial charge is 0.494 e. The third-order valence-corrected chi connectivity index (χ3v) is 2.38. The molecule has 0 fully saturated rings. The molecule has 4 nitrogen and oxygen atoms in total. The Hall–Kier alpha value is -2.10. The van der Waals surface area contributed by atoms with E-state index in [9.17, 15) is 4.79 Å². The van der Waals surface area contributed by atoms with Gasteiger partial charge in [0.25, 0.3) is 5.91 Å². The molecule has 0 bridgehead atoms. The number of carbonyl (C=O) groups excluding carboxylic acids is 1. The number of hydrogen-bond acceptors (Lipinski definition) is 3. The van der Waals surface area contributed by atoms with Gasteiger partial charge in [-0.3, -0.25) is 9.78 Å². The molecule has 82 valence electrons. The van der Waals surface area contributed by atoms with Crippen molar-refractivity contribution in [3.8, 4) is 5.75 Å². The van der Waals surface area contributed by atoms with E-state index < -0.39 is 0 Å². The Morgan fingerprint density at radius 3 is 2.94 bits per heavy atom. The van der Waals surface area contributed by atoms with Crippen molar-refractivity contribution >= 4 is 16.8 Å². The molecule has 1 heterocycles. The van der Waals surface area contributed by atoms with Crippen molar-refractivity contribution in [2.45, 2.75) is 0 Å². The monoisotopic (exact) mass is 216 g/mol. The molecule has 0 spiro atoms. The number of rotatable bonds is 2. The van der Waals surface area contributed by atoms with Gasteiger partial charge in [0.2, 0.25) is 0 Å². The minimum Gasteiger partial charge on any atom is -0.494 e. The number of benzene rings is 1. The summed E-state index contributed by atoms with van der Waals surface area (Å²) in [4.78, 5) is 15.8. The predicted octanol–water partition coefficient (Wildman–Crippen LogP) is 1.60. The van der Waals surface area contributed by atoms with Gasteiger partial charge in [-0.15, -0.1) is 0 Å². The Balaban J connectivity index is 2.68. The van der Waals surface area contributed by atoms with Gasteiger partial charge in [-0.2, -0.15) is 0 Å². The minimum absolute atomic E-state index is 0.135. The molecular weight excluding hydrogens is 204 g/mol. The molecule has 0 saturated heterocycles. The fraction of sp³-hybridized carbons (Fsp3) is 0.167. The van der Waals surface area contributed by atoms with Gasteiger partial charge in [0.15, 0.2) is 0 Å². The Labute approximate surface area is 93.3 Å². The van der Waals surface area contributed by atoms with Gasteiger partial charge in [0.1, 0.15) is 11.3 Å². The summed E-state index contributed by atoms with van der Waals surface area (Å²) in [5.74, 6) is 0.473. The molecule has 2 aromatic rings. The van der Waals surface area contributed by atoms with E-state index in [0.29, 0.717) is 11.3 Å². The van der Waals surface area contributed by atoms with E-state index >= 15 is 0 Å². The number of aromatic nitrogens is 1. The molecule has 0 unspecified atom stereocenters. The van der Waals surface area contributed by atoms with Crippen molar-refractivity contribution in [2.75, 3.05) is 14.2 Å². The summed E-state index contributed by atoms with van der Waals surface area (Å²) in [7, 11) is 3.17. The third kappa shape index (κ3) is 1.69. The maximum absolute atomic E-state index is 11.5. The molecule has 0 saturated carbocycles. The number of ether oxygens (including phenoxy) is 1. The lowest BCUT2D eigenvalue weighted by Crippen LogP contribution is -2.17. The Morgan fingerprint density at radius 1 is 1.44 bits per heavy atom. The Morgan fingerprint density at radius 2 is 2.25 bits per heavy atom. The first-order valence-electron chi connectivity index (χ1n) is 4.91. The molecule has 2 rings (SSSR count). The zero-order valence-electron chi connectivity index (χ0n) is 9.15. The van der Waals surface area contributed by atoms with Crippen molar-refractivity contribution in [3.05, 3.63) is 36.0 Å². The molecule has 0 aliphatic rings. The zero-order valence-corrected chi connectivity index (χ0v) is 9.15. The quantitative estimate of drug-likeness (QED) is 0.829. The van der Waals surface area contributed by atoms with Crippen LogP contribution in [0.4, 0.5) is 0 Å². The molecule has 0 aliphatic carbocycles. The van der Waals surface area contributed by atoms with E-state index in [1.807, 2.05) is 12.1 Å². The minimum atomic E-state index is -0.135. The van der Waals surface area contributed by atoms with Gasteiger partial charge in [0.05, 0.1) is 7.11 Å². The molecule has 0 aliphatic heterocycles. The molecule has 4 heteroatoms. The van der Waals surface area contributed by atoms with Crippen molar-refractivity contribution in [2.24, 2.45) is 0 Å². The number of amides is 1. The summed E-state index contributed by atoms with van der Waals surface area (Å²) in [6, 6.07) is 7.21. The predicted molar refractivity (Wildman–Crippen MR) is 61.7 cm³/mol. The highest BCUT2D eigenvalue weighted by molar-refractivity contribution is 5.99. The van der Waals surface area contributed by atoms with Crippen LogP contribution in [0, 0.1) is 0 Å². The molecule has 0 atom stereocenters. The molecule has 1 aromatic carbocycles. The Bertz CT molecular complexity index is 538. The van der Waals surface area contributed by atoms with Crippen LogP contribution < -0.4 is 10.1 Å². The lowest BCUT2D eigenvalue weighted by atomic mass is 10.1. The van der Waals surface area contributed by atoms with E-state index in [1.54, 1.807) is 32.5 Å². The van der Waals surface area contributed by atoms with Crippen LogP contribution in [0.15, 0.2) is 30.5 Å². The number of hydrogen-bond donors (Lipinski definition) is 1. The maximum Gasteiger partial charge on any atom is 0.251 e. The highest BCUT2D eigenvalue weighted by Crippen LogP contribution is 2.25. The van der Waals surface area contributed by atoms with Crippen LogP contribution in [-0.4, -0.2) is 25.0 Å². The second kappa shape index (κ2) is 4.18. The fourth-order valence-corrected chi connectivity index (χ4v) is 1.59. The Kier molecular flexibility index (Phi) is 2.72. The number of nitrogens with one attached hydrogen (secondary N) is 1. The van der Waals surface area contributed by atoms with Crippen molar-refractivity contribution < 1.29 is 9.53 Å². The molecule has 16 heavy (non-hydrogen) atoms. The van der Waals surface area contributed by atoms with Crippen molar-refractivity contribution in [3.63, 3.8) is 0 Å². The first-order chi connectivity index (χ1) is 7.76. The van der Waals surface area contributed by atoms with Crippen LogP contribution in [0.25, 0.3) is 10.9 Å². The van der Waals surface area contributed by atoms with E-state index in [1.165, 1.54) is 0 Å². The summed E-state index contributed by atoms with van der Waals surface area (Å²) in [5.41, 5.74) is 1.33. The highest BCUT2D eigenvalue weighted by atomic mass is 16.5. The van der Waals surface area contributed by atoms with Gasteiger partial charge in [-0.1, -0.05) is 6.07 Å². The summed E-state index contributed by atoms with van der Waals surface area (Å²) in [5, 5.41) is 3.47. The molecular formula is C12H12N2O2. The average molecular weight is 216 g/mol. The summed E-state index contributed by atoms with van der Waals surface area (Å²) in [6.07, 6.45) is 1.70. The van der Waals surface area contributed by atoms with Gasteiger partial charge < -0.3 is 10.1 Å². The van der Waals surface area contributed by atoms with Crippen LogP contribution in [0.3, 0.4) is 0 Å². The standard InChI is InChI=1S/C12H12N2O2/c1-13-12(15)9-6-8-4-3-5-14-11(8)10(7-9)16-2/h3-7H,1-2H3,(H,13,15). The smallest absolute Gasteiger partial charge is 0.251 e. The van der Waals surface area contributed by atoms with Crippen LogP contribution >= 0.6 is 0 Å². The normalized spacial score (nSPS) is 10.1. The second-order valence-electron chi connectivity index (χ2n) is 3.33. The third-order valence-electron chi connectivity index (χ3n) is 2.38. The molecule has 1 amide bonds. The van der Waals surface area contributed by atoms with Crippen LogP contribution in [0.1, 0.15) is 10.4 Å². The van der Waals surface area contributed by atoms with E-state index in [-0.39, 0.29) is 5.91 Å². The topological polar surface area (TPSA) is 51.2 Å². The second-order valence-corrected chi connectivity index (χ2v) is 3.33. The number of carbonyl (C=O) groups is 1. The lowest BCUT2D eigenvalue weighted by Gasteiger charge is -2.07. The molecule has 1 N–H and O–H groups in total. The molecule has 0 radical (unpaired) electrons. The van der Waals surface area contributed by atoms with Gasteiger partial charge >= 0.3 is 0 Å². The zero-order chi connectivity index (χ0) is 11.5. The number of nitrogens with zero attached hydrogens (tertiary/aromatic N) is 1. The first-order valence-corrected chi connectivity index (χ1v) is 4.91. The van der Waals surface area contributed by atoms with E-state index in [4.69, 9.17) is 4.74 Å². The SMILES string of the molecule is CNC(=O)c1cc(OC)c2ncccc2c1. The average Bonchev–Trinajstić information content (AvgIpc) is 2.36. The van der Waals surface area contributed by atoms with E-state index in [2.05, 4.69) is 10.3 Å². The lowest BCUT2D eigenvalue weighted by molar-refractivity contribution is 0.0963. The highest BCUT2D eigenvalue weighted by Gasteiger charge is 2.09. The van der Waals surface area contributed by atoms with Gasteiger partial charge in [-0.25, -0.2) is 0 Å². The first kappa shape index (κ1) is 10.4. The van der Waals surface area contributed by atoms with Crippen LogP contribution in [0.5, 0.6) is 5.75 Å². The van der Waals surface area contributed by atoms with Gasteiger partial charge in [0, 0.05) is 24.2 Å². The van der Waals surface area contributed by atoms with E-state index in [0.717, 1.165) is 10.9 Å². The van der Waals surface area contributed by atoms with Gasteiger partial charge in [-0.05, 0) is 18.2 Å². The summed E-state index contributed by atoms with van der Waals surface area (Å²) >= 11 is 0. The van der Waals surface area contributed by atoms with Crippen molar-refractivity contribution in [1.82, 2.24) is 10.3 Å². The summed E-state index contributed by atoms with van der Waals surface area (Å²) < 4.78 is 5.22.